The van der Waals surface area contributed by atoms with Crippen LogP contribution in [0.15, 0.2) is 36.1 Å². The number of ether oxygens (including phenoxy) is 1. The number of allylic oxidation sites excluding steroid dienone is 1. The predicted molar refractivity (Wildman–Crippen MR) is 58.9 cm³/mol. The van der Waals surface area contributed by atoms with Crippen LogP contribution < -0.4 is 4.74 Å². The molecule has 0 amide bonds. The Morgan fingerprint density at radius 1 is 0.840 bits per heavy atom. The zero-order valence-corrected chi connectivity index (χ0v) is 11.3. The number of rotatable bonds is 5. The van der Waals surface area contributed by atoms with Gasteiger partial charge in [-0.25, -0.2) is 0 Å². The third-order valence-electron chi connectivity index (χ3n) is 2.62. The maximum atomic E-state index is 13.2. The Bertz CT molecular complexity index is 663. The highest BCUT2D eigenvalue weighted by Crippen LogP contribution is 2.55. The fourth-order valence-corrected chi connectivity index (χ4v) is 1.33. The Morgan fingerprint density at radius 2 is 1.36 bits per heavy atom. The van der Waals surface area contributed by atoms with Crippen LogP contribution in [0.5, 0.6) is 11.5 Å². The van der Waals surface area contributed by atoms with E-state index in [2.05, 4.69) is 4.74 Å². The van der Waals surface area contributed by atoms with Gasteiger partial charge in [0.2, 0.25) is 5.83 Å². The molecule has 1 rings (SSSR count). The first-order valence-corrected chi connectivity index (χ1v) is 5.78. The molecule has 0 aromatic heterocycles. The van der Waals surface area contributed by atoms with Crippen LogP contribution >= 0.6 is 0 Å². The number of phenols is 1. The van der Waals surface area contributed by atoms with Gasteiger partial charge in [-0.3, -0.25) is 0 Å². The van der Waals surface area contributed by atoms with Crippen LogP contribution in [0.2, 0.25) is 0 Å². The second-order valence-corrected chi connectivity index (χ2v) is 4.41. The van der Waals surface area contributed by atoms with Crippen molar-refractivity contribution < 1.29 is 58.1 Å². The van der Waals surface area contributed by atoms with Crippen molar-refractivity contribution >= 4 is 0 Å². The lowest BCUT2D eigenvalue weighted by atomic mass is 10.0. The fourth-order valence-electron chi connectivity index (χ4n) is 1.33. The van der Waals surface area contributed by atoms with Crippen LogP contribution in [0.1, 0.15) is 0 Å². The van der Waals surface area contributed by atoms with Crippen molar-refractivity contribution in [3.8, 4) is 11.5 Å². The quantitative estimate of drug-likeness (QED) is 0.543. The molecule has 25 heavy (non-hydrogen) atoms. The van der Waals surface area contributed by atoms with Gasteiger partial charge in [0.15, 0.2) is 0 Å². The number of halogens is 11. The smallest absolute Gasteiger partial charge is 0.460 e. The zero-order chi connectivity index (χ0) is 19.8. The molecule has 0 aliphatic carbocycles. The van der Waals surface area contributed by atoms with E-state index in [0.717, 1.165) is 12.1 Å². The number of hydrogen-bond donors (Lipinski definition) is 1. The second kappa shape index (κ2) is 6.26. The lowest BCUT2D eigenvalue weighted by Crippen LogP contribution is -2.61. The Balaban J connectivity index is 3.30. The summed E-state index contributed by atoms with van der Waals surface area (Å²) in [7, 11) is 0. The van der Waals surface area contributed by atoms with Crippen LogP contribution in [-0.4, -0.2) is 29.1 Å². The van der Waals surface area contributed by atoms with Crippen LogP contribution in [0.25, 0.3) is 0 Å². The van der Waals surface area contributed by atoms with Gasteiger partial charge in [-0.05, 0) is 12.1 Å². The van der Waals surface area contributed by atoms with Gasteiger partial charge in [-0.15, -0.1) is 0 Å². The summed E-state index contributed by atoms with van der Waals surface area (Å²) in [6.45, 7) is 0. The second-order valence-electron chi connectivity index (χ2n) is 4.41. The Kier molecular flexibility index (Phi) is 5.22. The lowest BCUT2D eigenvalue weighted by Gasteiger charge is -2.32. The molecular weight excluding hydrogens is 385 g/mol. The van der Waals surface area contributed by atoms with Gasteiger partial charge < -0.3 is 9.84 Å². The van der Waals surface area contributed by atoms with E-state index in [-0.39, 0.29) is 0 Å². The number of phenolic OH excluding ortho intramolecular Hbond substituents is 1. The fraction of sp³-hybridized carbons (Fsp3) is 0.333. The molecule has 1 aromatic rings. The molecule has 13 heteroatoms. The number of benzene rings is 1. The molecule has 0 saturated heterocycles. The van der Waals surface area contributed by atoms with Crippen molar-refractivity contribution in [2.24, 2.45) is 0 Å². The summed E-state index contributed by atoms with van der Waals surface area (Å²) in [6.07, 6.45) is -7.18. The van der Waals surface area contributed by atoms with Crippen LogP contribution in [-0.2, 0) is 0 Å². The first-order valence-electron chi connectivity index (χ1n) is 5.78. The highest BCUT2D eigenvalue weighted by molar-refractivity contribution is 5.33. The third kappa shape index (κ3) is 3.58. The summed E-state index contributed by atoms with van der Waals surface area (Å²) >= 11 is 0. The van der Waals surface area contributed by atoms with Crippen LogP contribution in [0.3, 0.4) is 0 Å². The van der Waals surface area contributed by atoms with E-state index in [0.29, 0.717) is 12.1 Å². The zero-order valence-electron chi connectivity index (χ0n) is 11.3. The summed E-state index contributed by atoms with van der Waals surface area (Å²) in [4.78, 5) is 0. The summed E-state index contributed by atoms with van der Waals surface area (Å²) < 4.78 is 143. The molecule has 0 fully saturated rings. The number of alkyl halides is 9. The summed E-state index contributed by atoms with van der Waals surface area (Å²) in [6, 6.07) is -0.174. The van der Waals surface area contributed by atoms with Crippen molar-refractivity contribution in [1.29, 1.82) is 0 Å². The van der Waals surface area contributed by atoms with Crippen molar-refractivity contribution in [2.75, 3.05) is 0 Å². The normalized spacial score (nSPS) is 15.0. The Labute approximate surface area is 131 Å². The van der Waals surface area contributed by atoms with E-state index in [1.165, 1.54) is 0 Å². The maximum Gasteiger partial charge on any atom is 0.460 e. The predicted octanol–water partition coefficient (Wildman–Crippen LogP) is 5.35. The van der Waals surface area contributed by atoms with Gasteiger partial charge in [0, 0.05) is 6.07 Å². The SMILES string of the molecule is Oc1cccc(OC(F)=C(F)C(F)(F)C(F)(F)C(F)(F)C(F)(F)F)c1. The summed E-state index contributed by atoms with van der Waals surface area (Å²) in [5, 5.41) is 8.95. The van der Waals surface area contributed by atoms with Crippen molar-refractivity contribution in [3.05, 3.63) is 36.1 Å². The van der Waals surface area contributed by atoms with Gasteiger partial charge in [0.05, 0.1) is 0 Å². The summed E-state index contributed by atoms with van der Waals surface area (Å²) in [5.74, 6) is -27.3. The van der Waals surface area contributed by atoms with Gasteiger partial charge >= 0.3 is 30.0 Å². The maximum absolute atomic E-state index is 13.2. The Hall–Kier alpha value is -2.21. The van der Waals surface area contributed by atoms with Crippen LogP contribution in [0.4, 0.5) is 48.3 Å². The highest BCUT2D eigenvalue weighted by Gasteiger charge is 2.83. The van der Waals surface area contributed by atoms with E-state index in [1.807, 2.05) is 0 Å². The molecule has 0 heterocycles. The van der Waals surface area contributed by atoms with E-state index in [1.54, 1.807) is 0 Å². The molecule has 0 spiro atoms. The molecule has 1 N–H and O–H groups in total. The van der Waals surface area contributed by atoms with E-state index in [9.17, 15) is 48.3 Å². The molecule has 0 saturated carbocycles. The van der Waals surface area contributed by atoms with E-state index in [4.69, 9.17) is 5.11 Å². The minimum Gasteiger partial charge on any atom is -0.508 e. The van der Waals surface area contributed by atoms with Crippen LogP contribution in [0, 0.1) is 0 Å². The molecule has 0 aliphatic heterocycles. The molecule has 0 atom stereocenters. The Morgan fingerprint density at radius 3 is 1.80 bits per heavy atom. The molecule has 0 unspecified atom stereocenters. The lowest BCUT2D eigenvalue weighted by molar-refractivity contribution is -0.392. The average Bonchev–Trinajstić information content (AvgIpc) is 2.44. The first kappa shape index (κ1) is 20.8. The number of aromatic hydroxyl groups is 1. The largest absolute Gasteiger partial charge is 0.508 e. The molecule has 0 radical (unpaired) electrons. The molecule has 1 aromatic carbocycles. The third-order valence-corrected chi connectivity index (χ3v) is 2.62. The van der Waals surface area contributed by atoms with Crippen molar-refractivity contribution in [2.45, 2.75) is 23.9 Å². The standard InChI is InChI=1S/C12H5F11O2/c13-7(8(14)25-6-3-1-2-5(24)4-6)9(15,16)10(17,18)11(19,20)12(21,22)23/h1-4,24H. The van der Waals surface area contributed by atoms with Crippen molar-refractivity contribution in [1.82, 2.24) is 0 Å². The average molecular weight is 390 g/mol. The molecule has 2 nitrogen and oxygen atoms in total. The molecule has 0 aliphatic rings. The topological polar surface area (TPSA) is 29.5 Å². The van der Waals surface area contributed by atoms with Crippen molar-refractivity contribution in [3.63, 3.8) is 0 Å². The van der Waals surface area contributed by atoms with E-state index >= 15 is 0 Å². The van der Waals surface area contributed by atoms with Gasteiger partial charge in [0.25, 0.3) is 0 Å². The molecule has 142 valence electrons. The highest BCUT2D eigenvalue weighted by atomic mass is 19.4. The van der Waals surface area contributed by atoms with E-state index < -0.39 is 47.3 Å². The van der Waals surface area contributed by atoms with Gasteiger partial charge in [-0.2, -0.15) is 48.3 Å². The van der Waals surface area contributed by atoms with Gasteiger partial charge in [-0.1, -0.05) is 6.07 Å². The van der Waals surface area contributed by atoms with Gasteiger partial charge in [0.1, 0.15) is 11.5 Å². The summed E-state index contributed by atoms with van der Waals surface area (Å²) in [5.41, 5.74) is 0. The molecular formula is C12H5F11O2. The monoisotopic (exact) mass is 390 g/mol. The minimum atomic E-state index is -7.38. The number of hydrogen-bond acceptors (Lipinski definition) is 2. The molecule has 0 bridgehead atoms. The first-order chi connectivity index (χ1) is 11.1. The minimum absolute atomic E-state index is 0.480.